The highest BCUT2D eigenvalue weighted by Gasteiger charge is 2.35. The molecular formula is C10H18O8. The molecule has 0 aromatic carbocycles. The number of ketones is 1. The number of aliphatic carboxylic acids is 2. The molecule has 0 amide bonds. The van der Waals surface area contributed by atoms with Crippen LogP contribution < -0.4 is 0 Å². The average Bonchev–Trinajstić information content (AvgIpc) is 2.27. The Kier molecular flexibility index (Phi) is 8.11. The molecule has 0 aromatic rings. The monoisotopic (exact) mass is 266 g/mol. The van der Waals surface area contributed by atoms with E-state index in [4.69, 9.17) is 25.5 Å². The van der Waals surface area contributed by atoms with Crippen molar-refractivity contribution in [2.45, 2.75) is 32.5 Å². The van der Waals surface area contributed by atoms with Crippen LogP contribution in [0, 0.1) is 5.92 Å². The van der Waals surface area contributed by atoms with Crippen LogP contribution in [0.2, 0.25) is 0 Å². The lowest BCUT2D eigenvalue weighted by Crippen LogP contribution is -2.41. The van der Waals surface area contributed by atoms with E-state index in [2.05, 4.69) is 0 Å². The number of aliphatic hydroxyl groups excluding tert-OH is 2. The molecule has 18 heavy (non-hydrogen) atoms. The number of carboxylic acids is 2. The molecule has 0 aromatic heterocycles. The van der Waals surface area contributed by atoms with Crippen LogP contribution in [-0.2, 0) is 14.4 Å². The number of carboxylic acid groups (broad SMARTS) is 2. The van der Waals surface area contributed by atoms with Crippen LogP contribution in [0.3, 0.4) is 0 Å². The molecule has 0 heterocycles. The normalized spacial score (nSPS) is 16.6. The van der Waals surface area contributed by atoms with E-state index in [1.165, 1.54) is 6.92 Å². The van der Waals surface area contributed by atoms with Gasteiger partial charge in [0.2, 0.25) is 5.60 Å². The van der Waals surface area contributed by atoms with Crippen molar-refractivity contribution in [3.63, 3.8) is 0 Å². The van der Waals surface area contributed by atoms with Crippen LogP contribution in [0.1, 0.15) is 20.8 Å². The number of aliphatic hydroxyl groups is 3. The number of hydrogen-bond acceptors (Lipinski definition) is 6. The summed E-state index contributed by atoms with van der Waals surface area (Å²) in [5.41, 5.74) is -2.22. The van der Waals surface area contributed by atoms with Gasteiger partial charge in [0.25, 0.3) is 0 Å². The minimum absolute atomic E-state index is 0.312. The molecule has 0 bridgehead atoms. The highest BCUT2D eigenvalue weighted by atomic mass is 16.4. The van der Waals surface area contributed by atoms with Crippen molar-refractivity contribution in [3.8, 4) is 0 Å². The molecule has 8 heteroatoms. The lowest BCUT2D eigenvalue weighted by atomic mass is 10.0. The topological polar surface area (TPSA) is 152 Å². The highest BCUT2D eigenvalue weighted by molar-refractivity contribution is 6.04. The standard InChI is InChI=1S/C5H8O4.C5H10O4/c1-3(6)5(2,9)4(7)8;1-3(2-6)4(7)5(8)9/h9H,1-2H3,(H,7,8);3-4,6-7H,2H2,1H3,(H,8,9). The molecule has 3 atom stereocenters. The summed E-state index contributed by atoms with van der Waals surface area (Å²) in [7, 11) is 0. The molecule has 3 unspecified atom stereocenters. The van der Waals surface area contributed by atoms with E-state index in [1.807, 2.05) is 0 Å². The van der Waals surface area contributed by atoms with Gasteiger partial charge in [-0.25, -0.2) is 9.59 Å². The van der Waals surface area contributed by atoms with Crippen LogP contribution >= 0.6 is 0 Å². The van der Waals surface area contributed by atoms with E-state index in [0.29, 0.717) is 0 Å². The Morgan fingerprint density at radius 3 is 1.67 bits per heavy atom. The van der Waals surface area contributed by atoms with Crippen molar-refractivity contribution in [1.29, 1.82) is 0 Å². The van der Waals surface area contributed by atoms with Crippen molar-refractivity contribution >= 4 is 17.7 Å². The van der Waals surface area contributed by atoms with Crippen molar-refractivity contribution < 1.29 is 39.9 Å². The maximum Gasteiger partial charge on any atom is 0.343 e. The SMILES string of the molecule is CC(=O)C(C)(O)C(=O)O.CC(CO)C(O)C(=O)O. The zero-order valence-corrected chi connectivity index (χ0v) is 10.3. The summed E-state index contributed by atoms with van der Waals surface area (Å²) in [5, 5.41) is 41.9. The zero-order chi connectivity index (χ0) is 15.1. The maximum absolute atomic E-state index is 10.3. The van der Waals surface area contributed by atoms with Gasteiger partial charge in [0.05, 0.1) is 0 Å². The molecular weight excluding hydrogens is 248 g/mol. The smallest absolute Gasteiger partial charge is 0.343 e. The van der Waals surface area contributed by atoms with Gasteiger partial charge in [0, 0.05) is 12.5 Å². The van der Waals surface area contributed by atoms with Crippen molar-refractivity contribution in [1.82, 2.24) is 0 Å². The largest absolute Gasteiger partial charge is 0.479 e. The van der Waals surface area contributed by atoms with E-state index in [-0.39, 0.29) is 6.61 Å². The van der Waals surface area contributed by atoms with Crippen LogP contribution in [0.4, 0.5) is 0 Å². The first-order valence-electron chi connectivity index (χ1n) is 4.97. The first kappa shape index (κ1) is 18.8. The second-order valence-corrected chi connectivity index (χ2v) is 3.88. The molecule has 0 rings (SSSR count). The zero-order valence-electron chi connectivity index (χ0n) is 10.3. The van der Waals surface area contributed by atoms with E-state index in [1.54, 1.807) is 0 Å². The molecule has 106 valence electrons. The first-order valence-corrected chi connectivity index (χ1v) is 4.97. The molecule has 0 spiro atoms. The lowest BCUT2D eigenvalue weighted by Gasteiger charge is -2.11. The Bertz CT molecular complexity index is 293. The summed E-state index contributed by atoms with van der Waals surface area (Å²) in [6.45, 7) is 3.11. The van der Waals surface area contributed by atoms with Gasteiger partial charge in [-0.15, -0.1) is 0 Å². The Balaban J connectivity index is 0. The Labute approximate surface area is 103 Å². The third kappa shape index (κ3) is 6.28. The number of carbonyl (C=O) groups is 3. The molecule has 8 nitrogen and oxygen atoms in total. The van der Waals surface area contributed by atoms with Gasteiger partial charge in [-0.2, -0.15) is 0 Å². The predicted molar refractivity (Wildman–Crippen MR) is 58.8 cm³/mol. The Hall–Kier alpha value is -1.51. The summed E-state index contributed by atoms with van der Waals surface area (Å²) in [5.74, 6) is -4.18. The van der Waals surface area contributed by atoms with Gasteiger partial charge in [0.1, 0.15) is 0 Å². The Morgan fingerprint density at radius 2 is 1.61 bits per heavy atom. The number of hydrogen-bond donors (Lipinski definition) is 5. The Morgan fingerprint density at radius 1 is 1.22 bits per heavy atom. The van der Waals surface area contributed by atoms with Gasteiger partial charge < -0.3 is 25.5 Å². The van der Waals surface area contributed by atoms with Gasteiger partial charge in [-0.3, -0.25) is 4.79 Å². The van der Waals surface area contributed by atoms with Crippen LogP contribution in [0.5, 0.6) is 0 Å². The molecule has 0 fully saturated rings. The summed E-state index contributed by atoms with van der Waals surface area (Å²) in [6.07, 6.45) is -1.45. The van der Waals surface area contributed by atoms with E-state index in [0.717, 1.165) is 13.8 Å². The average molecular weight is 266 g/mol. The van der Waals surface area contributed by atoms with Gasteiger partial charge in [0.15, 0.2) is 11.9 Å². The minimum atomic E-state index is -2.22. The third-order valence-electron chi connectivity index (χ3n) is 2.18. The van der Waals surface area contributed by atoms with Crippen LogP contribution in [-0.4, -0.2) is 61.6 Å². The fourth-order valence-corrected chi connectivity index (χ4v) is 0.494. The second-order valence-electron chi connectivity index (χ2n) is 3.88. The summed E-state index contributed by atoms with van der Waals surface area (Å²) < 4.78 is 0. The molecule has 0 saturated carbocycles. The quantitative estimate of drug-likeness (QED) is 0.376. The molecule has 0 radical (unpaired) electrons. The summed E-state index contributed by atoms with van der Waals surface area (Å²) in [6, 6.07) is 0. The van der Waals surface area contributed by atoms with Crippen molar-refractivity contribution in [2.75, 3.05) is 6.61 Å². The molecule has 0 aliphatic heterocycles. The molecule has 5 N–H and O–H groups in total. The number of carbonyl (C=O) groups excluding carboxylic acids is 1. The van der Waals surface area contributed by atoms with Gasteiger partial charge >= 0.3 is 11.9 Å². The van der Waals surface area contributed by atoms with Gasteiger partial charge in [-0.05, 0) is 13.8 Å². The second kappa shape index (κ2) is 7.75. The fraction of sp³-hybridized carbons (Fsp3) is 0.700. The van der Waals surface area contributed by atoms with Gasteiger partial charge in [-0.1, -0.05) is 6.92 Å². The van der Waals surface area contributed by atoms with E-state index < -0.39 is 35.3 Å². The van der Waals surface area contributed by atoms with E-state index in [9.17, 15) is 14.4 Å². The molecule has 0 aliphatic carbocycles. The number of Topliss-reactive ketones (excluding diaryl/α,β-unsaturated/α-hetero) is 1. The van der Waals surface area contributed by atoms with Crippen LogP contribution in [0.25, 0.3) is 0 Å². The third-order valence-corrected chi connectivity index (χ3v) is 2.18. The van der Waals surface area contributed by atoms with Crippen molar-refractivity contribution in [3.05, 3.63) is 0 Å². The van der Waals surface area contributed by atoms with E-state index >= 15 is 0 Å². The maximum atomic E-state index is 10.3. The first-order chi connectivity index (χ1) is 7.98. The highest BCUT2D eigenvalue weighted by Crippen LogP contribution is 2.03. The minimum Gasteiger partial charge on any atom is -0.479 e. The summed E-state index contributed by atoms with van der Waals surface area (Å²) >= 11 is 0. The summed E-state index contributed by atoms with van der Waals surface area (Å²) in [4.78, 5) is 30.2. The predicted octanol–water partition coefficient (Wildman–Crippen LogP) is -1.53. The number of rotatable bonds is 5. The van der Waals surface area contributed by atoms with Crippen LogP contribution in [0.15, 0.2) is 0 Å². The molecule has 0 aliphatic rings. The lowest BCUT2D eigenvalue weighted by molar-refractivity contribution is -0.162. The fourth-order valence-electron chi connectivity index (χ4n) is 0.494. The van der Waals surface area contributed by atoms with Crippen molar-refractivity contribution in [2.24, 2.45) is 5.92 Å². The molecule has 0 saturated heterocycles.